The zero-order valence-corrected chi connectivity index (χ0v) is 9.76. The fourth-order valence-corrected chi connectivity index (χ4v) is 1.52. The molecule has 0 saturated carbocycles. The Morgan fingerprint density at radius 1 is 1.47 bits per heavy atom. The van der Waals surface area contributed by atoms with E-state index in [1.807, 2.05) is 37.3 Å². The Bertz CT molecular complexity index is 414. The van der Waals surface area contributed by atoms with Crippen LogP contribution in [0.1, 0.15) is 18.9 Å². The van der Waals surface area contributed by atoms with Gasteiger partial charge in [0, 0.05) is 6.42 Å². The van der Waals surface area contributed by atoms with Crippen molar-refractivity contribution in [2.75, 3.05) is 6.61 Å². The van der Waals surface area contributed by atoms with E-state index in [4.69, 9.17) is 9.47 Å². The lowest BCUT2D eigenvalue weighted by Crippen LogP contribution is -2.27. The molecule has 0 radical (unpaired) electrons. The molecule has 0 saturated heterocycles. The summed E-state index contributed by atoms with van der Waals surface area (Å²) in [6.07, 6.45) is 0.843. The van der Waals surface area contributed by atoms with Gasteiger partial charge in [0.1, 0.15) is 6.61 Å². The molecule has 0 aliphatic carbocycles. The quantitative estimate of drug-likeness (QED) is 0.749. The highest BCUT2D eigenvalue weighted by Gasteiger charge is 2.20. The fourth-order valence-electron chi connectivity index (χ4n) is 1.52. The van der Waals surface area contributed by atoms with Gasteiger partial charge in [-0.25, -0.2) is 9.79 Å². The minimum Gasteiger partial charge on any atom is -0.473 e. The van der Waals surface area contributed by atoms with Gasteiger partial charge in [0.15, 0.2) is 0 Å². The van der Waals surface area contributed by atoms with Crippen LogP contribution in [-0.4, -0.2) is 24.5 Å². The molecule has 4 heteroatoms. The molecule has 1 atom stereocenters. The lowest BCUT2D eigenvalue weighted by Gasteiger charge is -2.17. The number of hydrogen-bond donors (Lipinski definition) is 0. The van der Waals surface area contributed by atoms with Gasteiger partial charge in [0.25, 0.3) is 5.90 Å². The summed E-state index contributed by atoms with van der Waals surface area (Å²) in [5, 5.41) is 0. The van der Waals surface area contributed by atoms with Gasteiger partial charge in [-0.3, -0.25) is 0 Å². The highest BCUT2D eigenvalue weighted by molar-refractivity contribution is 6.32. The minimum absolute atomic E-state index is 0.0969. The van der Waals surface area contributed by atoms with Gasteiger partial charge in [-0.15, -0.1) is 0 Å². The van der Waals surface area contributed by atoms with Crippen LogP contribution in [0.4, 0.5) is 0 Å². The van der Waals surface area contributed by atoms with Crippen molar-refractivity contribution < 1.29 is 14.3 Å². The molecule has 2 rings (SSSR count). The summed E-state index contributed by atoms with van der Waals surface area (Å²) >= 11 is 0. The summed E-state index contributed by atoms with van der Waals surface area (Å²) in [5.41, 5.74) is 0.949. The van der Waals surface area contributed by atoms with Crippen LogP contribution in [-0.2, 0) is 20.9 Å². The molecule has 1 aromatic carbocycles. The number of carbonyl (C=O) groups is 1. The third-order valence-electron chi connectivity index (χ3n) is 2.50. The Labute approximate surface area is 100 Å². The van der Waals surface area contributed by atoms with Crippen molar-refractivity contribution in [2.24, 2.45) is 4.99 Å². The number of benzene rings is 1. The molecule has 1 aliphatic heterocycles. The van der Waals surface area contributed by atoms with Crippen LogP contribution >= 0.6 is 0 Å². The van der Waals surface area contributed by atoms with Gasteiger partial charge < -0.3 is 9.47 Å². The van der Waals surface area contributed by atoms with Crippen molar-refractivity contribution in [1.82, 2.24) is 0 Å². The summed E-state index contributed by atoms with van der Waals surface area (Å²) in [6.45, 7) is 2.73. The second-order valence-electron chi connectivity index (χ2n) is 3.98. The maximum Gasteiger partial charge on any atom is 0.394 e. The van der Waals surface area contributed by atoms with Crippen molar-refractivity contribution >= 4 is 11.9 Å². The Morgan fingerprint density at radius 2 is 2.24 bits per heavy atom. The average molecular weight is 233 g/mol. The monoisotopic (exact) mass is 233 g/mol. The normalized spacial score (nSPS) is 19.1. The molecule has 1 aliphatic rings. The predicted molar refractivity (Wildman–Crippen MR) is 63.7 cm³/mol. The standard InChI is InChI=1S/C13H15NO3/c1-10-7-8-16-12(14-10)13(15)17-9-11-5-3-2-4-6-11/h2-6,10H,7-9H2,1H3. The lowest BCUT2D eigenvalue weighted by molar-refractivity contribution is -0.138. The third kappa shape index (κ3) is 3.31. The van der Waals surface area contributed by atoms with Crippen LogP contribution in [0.15, 0.2) is 35.3 Å². The first kappa shape index (κ1) is 11.6. The SMILES string of the molecule is CC1CCOC(C(=O)OCc2ccccc2)=N1. The molecule has 4 nitrogen and oxygen atoms in total. The Kier molecular flexibility index (Phi) is 3.75. The maximum absolute atomic E-state index is 11.6. The summed E-state index contributed by atoms with van der Waals surface area (Å²) in [7, 11) is 0. The summed E-state index contributed by atoms with van der Waals surface area (Å²) in [4.78, 5) is 15.8. The van der Waals surface area contributed by atoms with Gasteiger partial charge in [-0.1, -0.05) is 30.3 Å². The van der Waals surface area contributed by atoms with Crippen LogP contribution < -0.4 is 0 Å². The van der Waals surface area contributed by atoms with Crippen molar-refractivity contribution in [2.45, 2.75) is 26.0 Å². The van der Waals surface area contributed by atoms with Crippen LogP contribution in [0.25, 0.3) is 0 Å². The Morgan fingerprint density at radius 3 is 2.94 bits per heavy atom. The van der Waals surface area contributed by atoms with Crippen molar-refractivity contribution in [3.63, 3.8) is 0 Å². The number of rotatable bonds is 3. The Balaban J connectivity index is 1.89. The first-order valence-corrected chi connectivity index (χ1v) is 5.67. The molecule has 0 fully saturated rings. The lowest BCUT2D eigenvalue weighted by atomic mass is 10.2. The maximum atomic E-state index is 11.6. The molecule has 0 N–H and O–H groups in total. The zero-order chi connectivity index (χ0) is 12.1. The van der Waals surface area contributed by atoms with Gasteiger partial charge in [-0.05, 0) is 12.5 Å². The van der Waals surface area contributed by atoms with E-state index in [-0.39, 0.29) is 18.5 Å². The van der Waals surface area contributed by atoms with Crippen molar-refractivity contribution in [3.8, 4) is 0 Å². The van der Waals surface area contributed by atoms with Gasteiger partial charge in [-0.2, -0.15) is 0 Å². The molecular formula is C13H15NO3. The minimum atomic E-state index is -0.486. The van der Waals surface area contributed by atoms with Gasteiger partial charge in [0.05, 0.1) is 12.6 Å². The van der Waals surface area contributed by atoms with Crippen LogP contribution in [0.3, 0.4) is 0 Å². The number of aliphatic imine (C=N–C) groups is 1. The van der Waals surface area contributed by atoms with Gasteiger partial charge in [0.2, 0.25) is 0 Å². The molecule has 90 valence electrons. The first-order chi connectivity index (χ1) is 8.25. The molecular weight excluding hydrogens is 218 g/mol. The van der Waals surface area contributed by atoms with Crippen LogP contribution in [0.2, 0.25) is 0 Å². The summed E-state index contributed by atoms with van der Waals surface area (Å²) in [5.74, 6) is -0.389. The fraction of sp³-hybridized carbons (Fsp3) is 0.385. The number of hydrogen-bond acceptors (Lipinski definition) is 4. The van der Waals surface area contributed by atoms with E-state index < -0.39 is 5.97 Å². The van der Waals surface area contributed by atoms with Crippen molar-refractivity contribution in [3.05, 3.63) is 35.9 Å². The summed E-state index contributed by atoms with van der Waals surface area (Å²) in [6, 6.07) is 9.66. The van der Waals surface area contributed by atoms with E-state index in [0.29, 0.717) is 6.61 Å². The molecule has 1 heterocycles. The smallest absolute Gasteiger partial charge is 0.394 e. The topological polar surface area (TPSA) is 47.9 Å². The number of carbonyl (C=O) groups excluding carboxylic acids is 1. The molecule has 17 heavy (non-hydrogen) atoms. The molecule has 0 aromatic heterocycles. The second-order valence-corrected chi connectivity index (χ2v) is 3.98. The van der Waals surface area contributed by atoms with E-state index in [9.17, 15) is 4.79 Å². The summed E-state index contributed by atoms with van der Waals surface area (Å²) < 4.78 is 10.3. The highest BCUT2D eigenvalue weighted by Crippen LogP contribution is 2.08. The number of esters is 1. The van der Waals surface area contributed by atoms with E-state index >= 15 is 0 Å². The van der Waals surface area contributed by atoms with Crippen LogP contribution in [0.5, 0.6) is 0 Å². The second kappa shape index (κ2) is 5.48. The molecule has 0 amide bonds. The largest absolute Gasteiger partial charge is 0.473 e. The van der Waals surface area contributed by atoms with Crippen molar-refractivity contribution in [1.29, 1.82) is 0 Å². The van der Waals surface area contributed by atoms with Gasteiger partial charge >= 0.3 is 5.97 Å². The Hall–Kier alpha value is -1.84. The van der Waals surface area contributed by atoms with Crippen LogP contribution in [0, 0.1) is 0 Å². The van der Waals surface area contributed by atoms with E-state index in [1.54, 1.807) is 0 Å². The van der Waals surface area contributed by atoms with E-state index in [1.165, 1.54) is 0 Å². The third-order valence-corrected chi connectivity index (χ3v) is 2.50. The molecule has 0 bridgehead atoms. The van der Waals surface area contributed by atoms with E-state index in [0.717, 1.165) is 12.0 Å². The average Bonchev–Trinajstić information content (AvgIpc) is 2.37. The molecule has 0 spiro atoms. The number of ether oxygens (including phenoxy) is 2. The zero-order valence-electron chi connectivity index (χ0n) is 9.76. The highest BCUT2D eigenvalue weighted by atomic mass is 16.6. The molecule has 1 unspecified atom stereocenters. The first-order valence-electron chi connectivity index (χ1n) is 5.67. The predicted octanol–water partition coefficient (Wildman–Crippen LogP) is 1.94. The molecule has 1 aromatic rings. The number of nitrogens with zero attached hydrogens (tertiary/aromatic N) is 1. The van der Waals surface area contributed by atoms with E-state index in [2.05, 4.69) is 4.99 Å².